The number of aliphatic hydroxyl groups excluding tert-OH is 1. The van der Waals surface area contributed by atoms with E-state index in [0.717, 1.165) is 24.7 Å². The molecule has 0 aromatic carbocycles. The first-order valence-electron chi connectivity index (χ1n) is 4.49. The molecule has 3 atom stereocenters. The minimum absolute atomic E-state index is 0.376. The van der Waals surface area contributed by atoms with Crippen molar-refractivity contribution in [2.45, 2.75) is 33.1 Å². The van der Waals surface area contributed by atoms with E-state index in [4.69, 9.17) is 0 Å². The minimum Gasteiger partial charge on any atom is -0.513 e. The number of rotatable bonds is 1. The van der Waals surface area contributed by atoms with Crippen LogP contribution in [0.4, 0.5) is 0 Å². The topological polar surface area (TPSA) is 20.2 Å². The molecule has 0 heterocycles. The van der Waals surface area contributed by atoms with E-state index in [9.17, 15) is 5.11 Å². The quantitative estimate of drug-likeness (QED) is 0.575. The summed E-state index contributed by atoms with van der Waals surface area (Å²) in [6.45, 7) is 8.15. The highest BCUT2D eigenvalue weighted by Crippen LogP contribution is 2.35. The molecule has 1 saturated carbocycles. The smallest absolute Gasteiger partial charge is 0.0882 e. The Hall–Kier alpha value is -0.460. The van der Waals surface area contributed by atoms with Gasteiger partial charge in [0.15, 0.2) is 0 Å². The lowest BCUT2D eigenvalue weighted by Gasteiger charge is -2.31. The van der Waals surface area contributed by atoms with Crippen molar-refractivity contribution in [3.05, 3.63) is 12.3 Å². The summed E-state index contributed by atoms with van der Waals surface area (Å²) in [6.07, 6.45) is 3.49. The molecule has 0 radical (unpaired) electrons. The summed E-state index contributed by atoms with van der Waals surface area (Å²) >= 11 is 0. The molecule has 1 rings (SSSR count). The van der Waals surface area contributed by atoms with Gasteiger partial charge in [-0.05, 0) is 31.1 Å². The normalized spacial score (nSPS) is 38.5. The first-order valence-corrected chi connectivity index (χ1v) is 4.49. The van der Waals surface area contributed by atoms with Crippen LogP contribution in [0.3, 0.4) is 0 Å². The Morgan fingerprint density at radius 3 is 2.36 bits per heavy atom. The van der Waals surface area contributed by atoms with Crippen molar-refractivity contribution in [3.63, 3.8) is 0 Å². The van der Waals surface area contributed by atoms with Crippen LogP contribution in [0.15, 0.2) is 12.3 Å². The van der Waals surface area contributed by atoms with Crippen molar-refractivity contribution in [2.75, 3.05) is 0 Å². The Morgan fingerprint density at radius 2 is 1.91 bits per heavy atom. The Kier molecular flexibility index (Phi) is 2.58. The fraction of sp³-hybridized carbons (Fsp3) is 0.800. The zero-order valence-corrected chi connectivity index (χ0v) is 7.51. The van der Waals surface area contributed by atoms with Crippen LogP contribution in [0, 0.1) is 17.8 Å². The monoisotopic (exact) mass is 154 g/mol. The predicted octanol–water partition coefficient (Wildman–Crippen LogP) is 3.13. The van der Waals surface area contributed by atoms with Crippen molar-refractivity contribution < 1.29 is 5.11 Å². The van der Waals surface area contributed by atoms with Crippen LogP contribution in [0.2, 0.25) is 0 Å². The van der Waals surface area contributed by atoms with E-state index < -0.39 is 0 Å². The summed E-state index contributed by atoms with van der Waals surface area (Å²) in [7, 11) is 0. The first kappa shape index (κ1) is 8.63. The molecule has 0 spiro atoms. The highest BCUT2D eigenvalue weighted by atomic mass is 16.3. The van der Waals surface area contributed by atoms with Crippen molar-refractivity contribution >= 4 is 0 Å². The zero-order chi connectivity index (χ0) is 8.43. The standard InChI is InChI=1S/C10H18O/c1-7-4-5-10(9(3)11)6-8(7)2/h7-8,10-11H,3-6H2,1-2H3. The lowest BCUT2D eigenvalue weighted by Crippen LogP contribution is -2.21. The van der Waals surface area contributed by atoms with E-state index in [0.29, 0.717) is 11.7 Å². The lowest BCUT2D eigenvalue weighted by molar-refractivity contribution is 0.189. The molecule has 1 aliphatic rings. The average molecular weight is 154 g/mol. The van der Waals surface area contributed by atoms with Gasteiger partial charge in [0.1, 0.15) is 0 Å². The molecule has 1 nitrogen and oxygen atoms in total. The van der Waals surface area contributed by atoms with Crippen molar-refractivity contribution in [1.82, 2.24) is 0 Å². The fourth-order valence-electron chi connectivity index (χ4n) is 1.85. The molecule has 0 saturated heterocycles. The summed E-state index contributed by atoms with van der Waals surface area (Å²) in [5.74, 6) is 2.34. The van der Waals surface area contributed by atoms with Crippen LogP contribution in [-0.4, -0.2) is 5.11 Å². The van der Waals surface area contributed by atoms with Gasteiger partial charge in [-0.1, -0.05) is 20.4 Å². The second kappa shape index (κ2) is 3.29. The molecular weight excluding hydrogens is 136 g/mol. The Morgan fingerprint density at radius 1 is 1.27 bits per heavy atom. The van der Waals surface area contributed by atoms with Crippen LogP contribution in [0.25, 0.3) is 0 Å². The highest BCUT2D eigenvalue weighted by Gasteiger charge is 2.25. The van der Waals surface area contributed by atoms with Gasteiger partial charge in [0.25, 0.3) is 0 Å². The third-order valence-electron chi connectivity index (χ3n) is 3.07. The maximum atomic E-state index is 9.19. The van der Waals surface area contributed by atoms with Crippen LogP contribution in [0.5, 0.6) is 0 Å². The maximum absolute atomic E-state index is 9.19. The summed E-state index contributed by atoms with van der Waals surface area (Å²) < 4.78 is 0. The zero-order valence-electron chi connectivity index (χ0n) is 7.51. The molecule has 3 unspecified atom stereocenters. The largest absolute Gasteiger partial charge is 0.513 e. The van der Waals surface area contributed by atoms with Gasteiger partial charge in [0.05, 0.1) is 5.76 Å². The molecule has 11 heavy (non-hydrogen) atoms. The molecule has 1 heteroatoms. The van der Waals surface area contributed by atoms with Crippen LogP contribution < -0.4 is 0 Å². The number of aliphatic hydroxyl groups is 1. The van der Waals surface area contributed by atoms with E-state index in [1.807, 2.05) is 0 Å². The number of hydrogen-bond acceptors (Lipinski definition) is 1. The maximum Gasteiger partial charge on any atom is 0.0882 e. The van der Waals surface area contributed by atoms with E-state index >= 15 is 0 Å². The third kappa shape index (κ3) is 1.98. The summed E-state index contributed by atoms with van der Waals surface area (Å²) in [4.78, 5) is 0. The van der Waals surface area contributed by atoms with Gasteiger partial charge in [-0.15, -0.1) is 0 Å². The van der Waals surface area contributed by atoms with Gasteiger partial charge in [-0.3, -0.25) is 0 Å². The number of hydrogen-bond donors (Lipinski definition) is 1. The van der Waals surface area contributed by atoms with Crippen LogP contribution in [0.1, 0.15) is 33.1 Å². The Bertz CT molecular complexity index is 151. The first-order chi connectivity index (χ1) is 5.11. The Labute approximate surface area is 69.1 Å². The second-order valence-corrected chi connectivity index (χ2v) is 3.96. The van der Waals surface area contributed by atoms with Gasteiger partial charge in [0, 0.05) is 5.92 Å². The second-order valence-electron chi connectivity index (χ2n) is 3.96. The minimum atomic E-state index is 0.376. The molecule has 0 aliphatic heterocycles. The Balaban J connectivity index is 2.46. The lowest BCUT2D eigenvalue weighted by atomic mass is 9.75. The van der Waals surface area contributed by atoms with Gasteiger partial charge >= 0.3 is 0 Å². The third-order valence-corrected chi connectivity index (χ3v) is 3.07. The molecule has 0 amide bonds. The van der Waals surface area contributed by atoms with Crippen molar-refractivity contribution in [1.29, 1.82) is 0 Å². The summed E-state index contributed by atoms with van der Waals surface area (Å²) in [5, 5.41) is 9.19. The molecule has 0 bridgehead atoms. The molecule has 0 aromatic rings. The van der Waals surface area contributed by atoms with E-state index in [2.05, 4.69) is 20.4 Å². The van der Waals surface area contributed by atoms with E-state index in [1.54, 1.807) is 0 Å². The number of allylic oxidation sites excluding steroid dienone is 1. The SMILES string of the molecule is C=C(O)C1CCC(C)C(C)C1. The predicted molar refractivity (Wildman–Crippen MR) is 47.4 cm³/mol. The molecule has 1 fully saturated rings. The summed E-state index contributed by atoms with van der Waals surface area (Å²) in [6, 6.07) is 0. The molecule has 64 valence electrons. The van der Waals surface area contributed by atoms with Crippen LogP contribution >= 0.6 is 0 Å². The van der Waals surface area contributed by atoms with Gasteiger partial charge in [0.2, 0.25) is 0 Å². The van der Waals surface area contributed by atoms with Crippen LogP contribution in [-0.2, 0) is 0 Å². The van der Waals surface area contributed by atoms with Crippen molar-refractivity contribution in [2.24, 2.45) is 17.8 Å². The van der Waals surface area contributed by atoms with Gasteiger partial charge in [-0.25, -0.2) is 0 Å². The van der Waals surface area contributed by atoms with Crippen molar-refractivity contribution in [3.8, 4) is 0 Å². The fourth-order valence-corrected chi connectivity index (χ4v) is 1.85. The van der Waals surface area contributed by atoms with Gasteiger partial charge < -0.3 is 5.11 Å². The summed E-state index contributed by atoms with van der Waals surface area (Å²) in [5.41, 5.74) is 0. The van der Waals surface area contributed by atoms with E-state index in [1.165, 1.54) is 6.42 Å². The van der Waals surface area contributed by atoms with Gasteiger partial charge in [-0.2, -0.15) is 0 Å². The van der Waals surface area contributed by atoms with E-state index in [-0.39, 0.29) is 0 Å². The average Bonchev–Trinajstić information content (AvgIpc) is 1.94. The molecule has 1 N–H and O–H groups in total. The molecule has 1 aliphatic carbocycles. The molecular formula is C10H18O. The highest BCUT2D eigenvalue weighted by molar-refractivity contribution is 4.92. The molecule has 0 aromatic heterocycles.